The molecule has 3 atom stereocenters. The number of hydrogen-bond acceptors (Lipinski definition) is 7. The summed E-state index contributed by atoms with van der Waals surface area (Å²) < 4.78 is 32.3. The van der Waals surface area contributed by atoms with E-state index in [2.05, 4.69) is 19.9 Å². The lowest BCUT2D eigenvalue weighted by Gasteiger charge is -2.18. The van der Waals surface area contributed by atoms with Crippen LogP contribution in [0.3, 0.4) is 0 Å². The van der Waals surface area contributed by atoms with Crippen LogP contribution >= 0.6 is 0 Å². The van der Waals surface area contributed by atoms with Crippen LogP contribution in [-0.4, -0.2) is 55.1 Å². The summed E-state index contributed by atoms with van der Waals surface area (Å²) in [6, 6.07) is 6.72. The zero-order valence-electron chi connectivity index (χ0n) is 19.3. The summed E-state index contributed by atoms with van der Waals surface area (Å²) >= 11 is 0. The van der Waals surface area contributed by atoms with Crippen LogP contribution in [0.15, 0.2) is 49.1 Å². The highest BCUT2D eigenvalue weighted by Gasteiger charge is 2.60. The zero-order valence-corrected chi connectivity index (χ0v) is 19.3. The maximum Gasteiger partial charge on any atom is 0.387 e. The number of halogens is 2. The normalized spacial score (nSPS) is 20.7. The van der Waals surface area contributed by atoms with E-state index in [0.717, 1.165) is 11.4 Å². The minimum Gasteiger partial charge on any atom is -0.481 e. The van der Waals surface area contributed by atoms with Crippen molar-refractivity contribution >= 4 is 17.6 Å². The number of aliphatic carboxylic acids is 1. The molecule has 9 nitrogen and oxygen atoms in total. The number of nitrogens with zero attached hydrogens (tertiary/aromatic N) is 6. The first-order valence-corrected chi connectivity index (χ1v) is 11.6. The van der Waals surface area contributed by atoms with Gasteiger partial charge in [-0.2, -0.15) is 8.78 Å². The van der Waals surface area contributed by atoms with Gasteiger partial charge in [-0.25, -0.2) is 15.0 Å². The van der Waals surface area contributed by atoms with Crippen LogP contribution in [0, 0.1) is 24.7 Å². The van der Waals surface area contributed by atoms with Gasteiger partial charge < -0.3 is 14.7 Å². The third-order valence-corrected chi connectivity index (χ3v) is 7.05. The van der Waals surface area contributed by atoms with Gasteiger partial charge in [-0.1, -0.05) is 18.2 Å². The molecule has 0 bridgehead atoms. The van der Waals surface area contributed by atoms with Gasteiger partial charge in [0.1, 0.15) is 5.75 Å². The topological polar surface area (TPSA) is 106 Å². The Labute approximate surface area is 204 Å². The number of para-hydroxylation sites is 1. The van der Waals surface area contributed by atoms with Crippen molar-refractivity contribution in [2.45, 2.75) is 20.0 Å². The number of imidazole rings is 1. The number of carboxylic acid groups (broad SMARTS) is 1. The van der Waals surface area contributed by atoms with Crippen molar-refractivity contribution in [3.05, 3.63) is 66.0 Å². The van der Waals surface area contributed by atoms with E-state index in [9.17, 15) is 18.7 Å². The van der Waals surface area contributed by atoms with Crippen molar-refractivity contribution in [2.24, 2.45) is 17.8 Å². The van der Waals surface area contributed by atoms with E-state index in [-0.39, 0.29) is 23.5 Å². The molecule has 2 fully saturated rings. The number of aromatic nitrogens is 5. The zero-order chi connectivity index (χ0) is 25.0. The summed E-state index contributed by atoms with van der Waals surface area (Å²) in [4.78, 5) is 31.3. The van der Waals surface area contributed by atoms with Gasteiger partial charge in [0, 0.05) is 49.2 Å². The van der Waals surface area contributed by atoms with Gasteiger partial charge in [0.15, 0.2) is 5.65 Å². The molecule has 1 aromatic carbocycles. The highest BCUT2D eigenvalue weighted by atomic mass is 19.3. The minimum absolute atomic E-state index is 0.134. The molecule has 1 aliphatic heterocycles. The average molecular weight is 492 g/mol. The molecule has 3 aromatic heterocycles. The molecular weight excluding hydrogens is 470 g/mol. The number of carbonyl (C=O) groups is 1. The molecular formula is C25H22F2N6O3. The number of carboxylic acids is 1. The molecule has 4 heterocycles. The van der Waals surface area contributed by atoms with Crippen LogP contribution in [-0.2, 0) is 11.2 Å². The van der Waals surface area contributed by atoms with Crippen LogP contribution in [0.4, 0.5) is 14.7 Å². The van der Waals surface area contributed by atoms with Gasteiger partial charge in [-0.05, 0) is 24.8 Å². The highest BCUT2D eigenvalue weighted by molar-refractivity contribution is 5.75. The number of fused-ring (bicyclic) bond motifs is 2. The lowest BCUT2D eigenvalue weighted by molar-refractivity contribution is -0.139. The Morgan fingerprint density at radius 3 is 2.56 bits per heavy atom. The van der Waals surface area contributed by atoms with Crippen molar-refractivity contribution in [1.29, 1.82) is 0 Å². The number of hydrogen-bond donors (Lipinski definition) is 1. The largest absolute Gasteiger partial charge is 0.481 e. The van der Waals surface area contributed by atoms with Gasteiger partial charge in [0.2, 0.25) is 5.95 Å². The van der Waals surface area contributed by atoms with E-state index in [4.69, 9.17) is 4.74 Å². The lowest BCUT2D eigenvalue weighted by atomic mass is 10.1. The molecule has 0 amide bonds. The van der Waals surface area contributed by atoms with Gasteiger partial charge in [0.05, 0.1) is 29.2 Å². The van der Waals surface area contributed by atoms with Crippen molar-refractivity contribution < 1.29 is 23.4 Å². The molecule has 2 aliphatic rings. The molecule has 0 radical (unpaired) electrons. The van der Waals surface area contributed by atoms with Crippen LogP contribution < -0.4 is 9.64 Å². The Kier molecular flexibility index (Phi) is 5.27. The number of ether oxygens (including phenoxy) is 1. The Morgan fingerprint density at radius 2 is 1.86 bits per heavy atom. The van der Waals surface area contributed by atoms with Crippen molar-refractivity contribution in [2.75, 3.05) is 18.0 Å². The quantitative estimate of drug-likeness (QED) is 0.418. The number of anilines is 1. The summed E-state index contributed by atoms with van der Waals surface area (Å²) in [7, 11) is 0. The molecule has 4 aromatic rings. The predicted octanol–water partition coefficient (Wildman–Crippen LogP) is 3.45. The Bertz CT molecular complexity index is 1450. The summed E-state index contributed by atoms with van der Waals surface area (Å²) in [5.41, 5.74) is 4.22. The van der Waals surface area contributed by atoms with Crippen molar-refractivity contribution in [3.63, 3.8) is 0 Å². The first kappa shape index (κ1) is 22.3. The molecule has 6 rings (SSSR count). The number of benzene rings is 1. The smallest absolute Gasteiger partial charge is 0.387 e. The fourth-order valence-corrected chi connectivity index (χ4v) is 5.20. The number of alkyl halides is 2. The van der Waals surface area contributed by atoms with E-state index in [1.165, 1.54) is 6.07 Å². The number of piperidine rings is 1. The fraction of sp³-hybridized carbons (Fsp3) is 0.320. The summed E-state index contributed by atoms with van der Waals surface area (Å²) in [5, 5.41) is 9.21. The summed E-state index contributed by atoms with van der Waals surface area (Å²) in [6.45, 7) is 0.267. The lowest BCUT2D eigenvalue weighted by Crippen LogP contribution is -2.27. The minimum atomic E-state index is -2.90. The Morgan fingerprint density at radius 1 is 1.14 bits per heavy atom. The molecule has 1 saturated heterocycles. The van der Waals surface area contributed by atoms with E-state index in [1.54, 1.807) is 36.8 Å². The second-order valence-corrected chi connectivity index (χ2v) is 9.18. The van der Waals surface area contributed by atoms with Crippen LogP contribution in [0.2, 0.25) is 0 Å². The molecule has 1 aliphatic carbocycles. The third-order valence-electron chi connectivity index (χ3n) is 7.05. The highest BCUT2D eigenvalue weighted by Crippen LogP contribution is 2.52. The van der Waals surface area contributed by atoms with Gasteiger partial charge in [-0.15, -0.1) is 0 Å². The van der Waals surface area contributed by atoms with Crippen LogP contribution in [0.1, 0.15) is 17.0 Å². The van der Waals surface area contributed by atoms with Crippen LogP contribution in [0.25, 0.3) is 16.9 Å². The molecule has 1 N–H and O–H groups in total. The molecule has 36 heavy (non-hydrogen) atoms. The number of rotatable bonds is 7. The maximum atomic E-state index is 12.9. The monoisotopic (exact) mass is 492 g/mol. The molecule has 1 unspecified atom stereocenters. The van der Waals surface area contributed by atoms with Gasteiger partial charge in [0.25, 0.3) is 0 Å². The maximum absolute atomic E-state index is 12.9. The van der Waals surface area contributed by atoms with Crippen LogP contribution in [0.5, 0.6) is 5.75 Å². The van der Waals surface area contributed by atoms with Gasteiger partial charge in [-0.3, -0.25) is 14.2 Å². The molecule has 1 saturated carbocycles. The van der Waals surface area contributed by atoms with E-state index < -0.39 is 12.6 Å². The van der Waals surface area contributed by atoms with Crippen molar-refractivity contribution in [3.8, 4) is 17.0 Å². The Hall–Kier alpha value is -4.15. The standard InChI is InChI=1S/C25H22F2N6O3/c1-13-19(6-14-4-2-3-5-20(14)36-24(26)27)33-12-18(28-9-21(33)31-13)15-7-29-25(30-8-15)32-10-16-17(11-32)22(16)23(34)35/h2-5,7-9,12,16-17,22,24H,6,10-11H2,1H3,(H,34,35)/t16-,17+,22?. The van der Waals surface area contributed by atoms with E-state index in [1.807, 2.05) is 22.4 Å². The van der Waals surface area contributed by atoms with Gasteiger partial charge >= 0.3 is 12.6 Å². The predicted molar refractivity (Wildman–Crippen MR) is 125 cm³/mol. The second-order valence-electron chi connectivity index (χ2n) is 9.18. The van der Waals surface area contributed by atoms with Crippen molar-refractivity contribution in [1.82, 2.24) is 24.3 Å². The Balaban J connectivity index is 1.25. The van der Waals surface area contributed by atoms with E-state index >= 15 is 0 Å². The molecule has 11 heteroatoms. The average Bonchev–Trinajstić information content (AvgIpc) is 3.21. The first-order chi connectivity index (χ1) is 17.4. The first-order valence-electron chi connectivity index (χ1n) is 11.6. The van der Waals surface area contributed by atoms with E-state index in [0.29, 0.717) is 47.9 Å². The number of aryl methyl sites for hydroxylation is 1. The molecule has 0 spiro atoms. The molecule has 184 valence electrons. The summed E-state index contributed by atoms with van der Waals surface area (Å²) in [6.07, 6.45) is 7.24. The second kappa shape index (κ2) is 8.51. The third kappa shape index (κ3) is 3.90. The SMILES string of the molecule is Cc1nc2cnc(-c3cnc(N4C[C@@H]5C(C(=O)O)[C@@H]5C4)nc3)cn2c1Cc1ccccc1OC(F)F. The fourth-order valence-electron chi connectivity index (χ4n) is 5.20. The summed E-state index contributed by atoms with van der Waals surface area (Å²) in [5.74, 6) is 0.1000.